The molecule has 0 aliphatic carbocycles. The Morgan fingerprint density at radius 3 is 2.48 bits per heavy atom. The van der Waals surface area contributed by atoms with Crippen LogP contribution in [-0.2, 0) is 0 Å². The molecule has 2 aromatic rings. The first-order chi connectivity index (χ1) is 12.6. The first kappa shape index (κ1) is 21.4. The van der Waals surface area contributed by atoms with Gasteiger partial charge in [-0.05, 0) is 82.5 Å². The normalized spacial score (nSPS) is 10.2. The topological polar surface area (TPSA) is 122 Å². The molecule has 0 saturated carbocycles. The molecule has 0 saturated heterocycles. The van der Waals surface area contributed by atoms with Crippen molar-refractivity contribution in [3.05, 3.63) is 64.3 Å². The molecule has 1 amide bonds. The summed E-state index contributed by atoms with van der Waals surface area (Å²) in [4.78, 5) is 34.3. The van der Waals surface area contributed by atoms with Crippen LogP contribution in [0.3, 0.4) is 0 Å². The number of halogens is 2. The molecule has 0 atom stereocenters. The number of nitro groups is 1. The van der Waals surface area contributed by atoms with Gasteiger partial charge in [0.2, 0.25) is 0 Å². The summed E-state index contributed by atoms with van der Waals surface area (Å²) in [5.74, 6) is -1.77. The minimum absolute atomic E-state index is 0.00873. The molecule has 0 radical (unpaired) electrons. The van der Waals surface area contributed by atoms with Gasteiger partial charge in [-0.2, -0.15) is 0 Å². The van der Waals surface area contributed by atoms with Gasteiger partial charge in [-0.25, -0.2) is 4.79 Å². The van der Waals surface area contributed by atoms with E-state index in [-0.39, 0.29) is 33.2 Å². The van der Waals surface area contributed by atoms with Gasteiger partial charge in [0, 0.05) is 24.3 Å². The van der Waals surface area contributed by atoms with Crippen LogP contribution in [0.1, 0.15) is 26.3 Å². The second-order valence-electron chi connectivity index (χ2n) is 5.23. The number of nitrogens with zero attached hydrogens (tertiary/aromatic N) is 1. The predicted molar refractivity (Wildman–Crippen MR) is 120 cm³/mol. The zero-order chi connectivity index (χ0) is 20.3. The maximum absolute atomic E-state index is 12.4. The monoisotopic (exact) mass is 611 g/mol. The van der Waals surface area contributed by atoms with Gasteiger partial charge in [0.05, 0.1) is 16.2 Å². The number of carbonyl (C=O) groups excluding carboxylic acids is 1. The van der Waals surface area contributed by atoms with Crippen LogP contribution in [0, 0.1) is 24.2 Å². The van der Waals surface area contributed by atoms with Crippen LogP contribution < -0.4 is 10.6 Å². The van der Waals surface area contributed by atoms with E-state index in [1.54, 1.807) is 6.07 Å². The van der Waals surface area contributed by atoms with Crippen LogP contribution in [0.4, 0.5) is 11.4 Å². The Morgan fingerprint density at radius 2 is 1.89 bits per heavy atom. The van der Waals surface area contributed by atoms with Gasteiger partial charge in [-0.3, -0.25) is 20.2 Å². The van der Waals surface area contributed by atoms with E-state index in [2.05, 4.69) is 10.6 Å². The number of thiocarbonyl (C=S) groups is 1. The van der Waals surface area contributed by atoms with E-state index in [0.717, 1.165) is 3.57 Å². The van der Waals surface area contributed by atoms with E-state index in [4.69, 9.17) is 12.2 Å². The van der Waals surface area contributed by atoms with E-state index in [9.17, 15) is 24.8 Å². The molecule has 8 nitrogen and oxygen atoms in total. The second kappa shape index (κ2) is 8.88. The molecule has 0 heterocycles. The van der Waals surface area contributed by atoms with Crippen LogP contribution in [0.5, 0.6) is 0 Å². The van der Waals surface area contributed by atoms with Gasteiger partial charge in [0.25, 0.3) is 11.6 Å². The molecule has 0 unspecified atom stereocenters. The smallest absolute Gasteiger partial charge is 0.337 e. The van der Waals surface area contributed by atoms with Crippen LogP contribution in [0.25, 0.3) is 0 Å². The highest BCUT2D eigenvalue weighted by Crippen LogP contribution is 2.26. The molecule has 27 heavy (non-hydrogen) atoms. The van der Waals surface area contributed by atoms with Crippen molar-refractivity contribution in [2.45, 2.75) is 6.92 Å². The van der Waals surface area contributed by atoms with Crippen LogP contribution in [0.2, 0.25) is 0 Å². The quantitative estimate of drug-likeness (QED) is 0.208. The standard InChI is InChI=1S/C16H11I2N3O5S/c1-7-9(3-2-4-12(7)21(25)26)14(22)20-16(27)19-13-10(15(23)24)5-8(17)6-11(13)18/h2-6H,1H3,(H,23,24)(H2,19,20,22,27). The van der Waals surface area contributed by atoms with Crippen molar-refractivity contribution in [1.82, 2.24) is 5.32 Å². The molecule has 0 aliphatic heterocycles. The van der Waals surface area contributed by atoms with E-state index in [1.165, 1.54) is 31.2 Å². The van der Waals surface area contributed by atoms with Gasteiger partial charge in [-0.15, -0.1) is 0 Å². The number of rotatable bonds is 4. The Kier molecular flexibility index (Phi) is 7.05. The number of anilines is 1. The van der Waals surface area contributed by atoms with Crippen molar-refractivity contribution < 1.29 is 19.6 Å². The average molecular weight is 611 g/mol. The summed E-state index contributed by atoms with van der Waals surface area (Å²) in [6, 6.07) is 7.38. The molecule has 0 bridgehead atoms. The number of nitrogens with one attached hydrogen (secondary N) is 2. The molecule has 2 aromatic carbocycles. The van der Waals surface area contributed by atoms with Crippen molar-refractivity contribution >= 4 is 85.8 Å². The van der Waals surface area contributed by atoms with Gasteiger partial charge < -0.3 is 10.4 Å². The lowest BCUT2D eigenvalue weighted by Crippen LogP contribution is -2.35. The van der Waals surface area contributed by atoms with Crippen molar-refractivity contribution in [2.24, 2.45) is 0 Å². The van der Waals surface area contributed by atoms with Gasteiger partial charge in [-0.1, -0.05) is 6.07 Å². The Labute approximate surface area is 186 Å². The Morgan fingerprint density at radius 1 is 1.22 bits per heavy atom. The van der Waals surface area contributed by atoms with Crippen molar-refractivity contribution in [3.8, 4) is 0 Å². The fourth-order valence-corrected chi connectivity index (χ4v) is 4.43. The van der Waals surface area contributed by atoms with Crippen LogP contribution in [-0.4, -0.2) is 27.0 Å². The minimum atomic E-state index is -1.14. The SMILES string of the molecule is Cc1c(C(=O)NC(=S)Nc2c(I)cc(I)cc2C(=O)O)cccc1[N+](=O)[O-]. The minimum Gasteiger partial charge on any atom is -0.478 e. The van der Waals surface area contributed by atoms with Crippen molar-refractivity contribution in [2.75, 3.05) is 5.32 Å². The lowest BCUT2D eigenvalue weighted by molar-refractivity contribution is -0.385. The lowest BCUT2D eigenvalue weighted by atomic mass is 10.1. The Hall–Kier alpha value is -1.87. The third-order valence-corrected chi connectivity index (χ3v) is 5.18. The number of amides is 1. The van der Waals surface area contributed by atoms with Crippen molar-refractivity contribution in [1.29, 1.82) is 0 Å². The predicted octanol–water partition coefficient (Wildman–Crippen LogP) is 3.94. The lowest BCUT2D eigenvalue weighted by Gasteiger charge is -2.14. The fraction of sp³-hybridized carbons (Fsp3) is 0.0625. The third-order valence-electron chi connectivity index (χ3n) is 3.50. The van der Waals surface area contributed by atoms with E-state index in [0.29, 0.717) is 3.57 Å². The van der Waals surface area contributed by atoms with Gasteiger partial charge >= 0.3 is 5.97 Å². The second-order valence-corrected chi connectivity index (χ2v) is 8.05. The van der Waals surface area contributed by atoms with E-state index < -0.39 is 16.8 Å². The number of hydrogen-bond donors (Lipinski definition) is 3. The molecule has 0 aliphatic rings. The molecule has 0 spiro atoms. The maximum Gasteiger partial charge on any atom is 0.337 e. The molecule has 0 aromatic heterocycles. The molecule has 0 fully saturated rings. The first-order valence-electron chi connectivity index (χ1n) is 7.20. The zero-order valence-electron chi connectivity index (χ0n) is 13.6. The summed E-state index contributed by atoms with van der Waals surface area (Å²) in [6.07, 6.45) is 0. The molecular weight excluding hydrogens is 600 g/mol. The number of carbonyl (C=O) groups is 2. The number of aromatic carboxylic acids is 1. The summed E-state index contributed by atoms with van der Waals surface area (Å²) in [6.45, 7) is 1.47. The van der Waals surface area contributed by atoms with E-state index in [1.807, 2.05) is 45.2 Å². The molecule has 2 rings (SSSR count). The summed E-state index contributed by atoms with van der Waals surface area (Å²) in [7, 11) is 0. The van der Waals surface area contributed by atoms with Crippen LogP contribution in [0.15, 0.2) is 30.3 Å². The number of carboxylic acid groups (broad SMARTS) is 1. The first-order valence-corrected chi connectivity index (χ1v) is 9.77. The molecule has 3 N–H and O–H groups in total. The summed E-state index contributed by atoms with van der Waals surface area (Å²) < 4.78 is 1.35. The summed E-state index contributed by atoms with van der Waals surface area (Å²) in [5.41, 5.74) is 0.392. The van der Waals surface area contributed by atoms with Gasteiger partial charge in [0.15, 0.2) is 5.11 Å². The average Bonchev–Trinajstić information content (AvgIpc) is 2.56. The third kappa shape index (κ3) is 5.10. The summed E-state index contributed by atoms with van der Waals surface area (Å²) in [5, 5.41) is 25.4. The maximum atomic E-state index is 12.4. The number of benzene rings is 2. The highest BCUT2D eigenvalue weighted by atomic mass is 127. The highest BCUT2D eigenvalue weighted by Gasteiger charge is 2.20. The van der Waals surface area contributed by atoms with Crippen LogP contribution >= 0.6 is 57.4 Å². The highest BCUT2D eigenvalue weighted by molar-refractivity contribution is 14.1. The number of hydrogen-bond acceptors (Lipinski definition) is 5. The Balaban J connectivity index is 2.25. The number of nitro benzene ring substituents is 1. The van der Waals surface area contributed by atoms with E-state index >= 15 is 0 Å². The number of carboxylic acids is 1. The largest absolute Gasteiger partial charge is 0.478 e. The summed E-state index contributed by atoms with van der Waals surface area (Å²) >= 11 is 9.07. The molecule has 140 valence electrons. The Bertz CT molecular complexity index is 981. The zero-order valence-corrected chi connectivity index (χ0v) is 18.7. The van der Waals surface area contributed by atoms with Gasteiger partial charge in [0.1, 0.15) is 0 Å². The molecular formula is C16H11I2N3O5S. The van der Waals surface area contributed by atoms with Crippen molar-refractivity contribution in [3.63, 3.8) is 0 Å². The fourth-order valence-electron chi connectivity index (χ4n) is 2.25. The molecule has 11 heteroatoms.